The molecule has 1 heterocycles. The largest absolute Gasteiger partial charge is 0.385 e. The average molecular weight is 400 g/mol. The second-order valence-electron chi connectivity index (χ2n) is 6.45. The van der Waals surface area contributed by atoms with Crippen molar-refractivity contribution in [1.82, 2.24) is 0 Å². The van der Waals surface area contributed by atoms with E-state index in [1.165, 1.54) is 43.3 Å². The second-order valence-corrected chi connectivity index (χ2v) is 7.54. The summed E-state index contributed by atoms with van der Waals surface area (Å²) in [4.78, 5) is 4.96. The molecule has 3 aromatic rings. The molecule has 5 heteroatoms. The highest BCUT2D eigenvalue weighted by atomic mass is 35.5. The van der Waals surface area contributed by atoms with E-state index in [0.717, 1.165) is 19.6 Å². The van der Waals surface area contributed by atoms with Crippen LogP contribution in [-0.4, -0.2) is 19.6 Å². The van der Waals surface area contributed by atoms with Gasteiger partial charge in [0, 0.05) is 51.6 Å². The van der Waals surface area contributed by atoms with Gasteiger partial charge in [-0.1, -0.05) is 36.0 Å². The van der Waals surface area contributed by atoms with E-state index in [2.05, 4.69) is 84.8 Å². The molecule has 0 saturated heterocycles. The van der Waals surface area contributed by atoms with Crippen LogP contribution >= 0.6 is 24.2 Å². The molecule has 142 valence electrons. The van der Waals surface area contributed by atoms with Gasteiger partial charge in [-0.3, -0.25) is 0 Å². The number of halogens is 1. The van der Waals surface area contributed by atoms with Gasteiger partial charge < -0.3 is 15.5 Å². The molecule has 3 aromatic carbocycles. The van der Waals surface area contributed by atoms with E-state index in [1.807, 2.05) is 11.8 Å². The molecule has 0 spiro atoms. The first-order valence-corrected chi connectivity index (χ1v) is 10.2. The first-order valence-electron chi connectivity index (χ1n) is 9.38. The molecule has 4 rings (SSSR count). The molecular weight excluding hydrogens is 374 g/mol. The molecule has 0 aromatic heterocycles. The Labute approximate surface area is 171 Å². The Balaban J connectivity index is 0.00000210. The van der Waals surface area contributed by atoms with Crippen molar-refractivity contribution in [2.24, 2.45) is 0 Å². The smallest absolute Gasteiger partial charge is 0.0607 e. The molecule has 0 amide bonds. The van der Waals surface area contributed by atoms with E-state index in [9.17, 15) is 0 Å². The summed E-state index contributed by atoms with van der Waals surface area (Å²) in [6.45, 7) is 9.53. The van der Waals surface area contributed by atoms with Crippen molar-refractivity contribution in [2.75, 3.05) is 35.2 Å². The van der Waals surface area contributed by atoms with Crippen LogP contribution < -0.4 is 15.5 Å². The van der Waals surface area contributed by atoms with Gasteiger partial charge in [-0.05, 0) is 45.0 Å². The van der Waals surface area contributed by atoms with Gasteiger partial charge in [0.1, 0.15) is 0 Å². The molecule has 0 saturated carbocycles. The second kappa shape index (κ2) is 8.32. The summed E-state index contributed by atoms with van der Waals surface area (Å²) in [6.07, 6.45) is 0. The number of anilines is 4. The van der Waals surface area contributed by atoms with Gasteiger partial charge >= 0.3 is 0 Å². The lowest BCUT2D eigenvalue weighted by Crippen LogP contribution is -2.21. The maximum Gasteiger partial charge on any atom is 0.0607 e. The lowest BCUT2D eigenvalue weighted by molar-refractivity contribution is 0.864. The maximum atomic E-state index is 3.69. The maximum absolute atomic E-state index is 3.69. The van der Waals surface area contributed by atoms with E-state index >= 15 is 0 Å². The number of hydrogen-bond acceptors (Lipinski definition) is 4. The Hall–Kier alpha value is -2.04. The molecule has 0 unspecified atom stereocenters. The minimum Gasteiger partial charge on any atom is -0.385 e. The summed E-state index contributed by atoms with van der Waals surface area (Å²) < 4.78 is 0. The third-order valence-electron chi connectivity index (χ3n) is 4.95. The fourth-order valence-corrected chi connectivity index (χ4v) is 4.72. The van der Waals surface area contributed by atoms with Crippen LogP contribution in [-0.2, 0) is 0 Å². The number of nitrogens with one attached hydrogen (secondary N) is 2. The quantitative estimate of drug-likeness (QED) is 0.388. The molecule has 0 aliphatic carbocycles. The third kappa shape index (κ3) is 3.56. The van der Waals surface area contributed by atoms with Gasteiger partial charge in [0.05, 0.1) is 11.4 Å². The van der Waals surface area contributed by atoms with E-state index in [0.29, 0.717) is 0 Å². The molecule has 2 N–H and O–H groups in total. The fraction of sp³-hybridized carbons (Fsp3) is 0.273. The van der Waals surface area contributed by atoms with Crippen molar-refractivity contribution in [3.8, 4) is 0 Å². The van der Waals surface area contributed by atoms with E-state index in [1.54, 1.807) is 0 Å². The first kappa shape index (κ1) is 19.7. The number of hydrogen-bond donors (Lipinski definition) is 2. The summed E-state index contributed by atoms with van der Waals surface area (Å²) in [5.41, 5.74) is 4.91. The summed E-state index contributed by atoms with van der Waals surface area (Å²) in [7, 11) is 0. The van der Waals surface area contributed by atoms with Crippen molar-refractivity contribution in [3.63, 3.8) is 0 Å². The number of benzene rings is 3. The van der Waals surface area contributed by atoms with Crippen LogP contribution in [0, 0.1) is 0 Å². The summed E-state index contributed by atoms with van der Waals surface area (Å²) in [5.74, 6) is 0. The van der Waals surface area contributed by atoms with E-state index in [-0.39, 0.29) is 12.4 Å². The van der Waals surface area contributed by atoms with Crippen molar-refractivity contribution < 1.29 is 0 Å². The first-order chi connectivity index (χ1) is 12.7. The molecule has 1 aliphatic heterocycles. The Kier molecular flexibility index (Phi) is 6.08. The average Bonchev–Trinajstić information content (AvgIpc) is 2.68. The molecule has 0 fully saturated rings. The highest BCUT2D eigenvalue weighted by Gasteiger charge is 2.20. The van der Waals surface area contributed by atoms with Crippen LogP contribution in [0.4, 0.5) is 22.7 Å². The zero-order valence-electron chi connectivity index (χ0n) is 16.0. The summed E-state index contributed by atoms with van der Waals surface area (Å²) in [5, 5.41) is 9.75. The van der Waals surface area contributed by atoms with Gasteiger partial charge in [0.15, 0.2) is 0 Å². The highest BCUT2D eigenvalue weighted by molar-refractivity contribution is 7.99. The van der Waals surface area contributed by atoms with Crippen LogP contribution in [0.15, 0.2) is 58.3 Å². The van der Waals surface area contributed by atoms with Crippen molar-refractivity contribution in [3.05, 3.63) is 48.5 Å². The Morgan fingerprint density at radius 1 is 0.926 bits per heavy atom. The molecule has 3 nitrogen and oxygen atoms in total. The van der Waals surface area contributed by atoms with Crippen LogP contribution in [0.1, 0.15) is 20.8 Å². The Morgan fingerprint density at radius 2 is 1.67 bits per heavy atom. The van der Waals surface area contributed by atoms with Crippen LogP contribution in [0.5, 0.6) is 0 Å². The topological polar surface area (TPSA) is 27.3 Å². The van der Waals surface area contributed by atoms with Gasteiger partial charge in [0.25, 0.3) is 0 Å². The SMILES string of the molecule is CCNc1cc2c(c3ccccc13)Nc1ccc(N(CC)CC)cc1S2.Cl. The van der Waals surface area contributed by atoms with Crippen molar-refractivity contribution >= 4 is 57.7 Å². The van der Waals surface area contributed by atoms with Crippen molar-refractivity contribution in [1.29, 1.82) is 0 Å². The van der Waals surface area contributed by atoms with Gasteiger partial charge in [-0.2, -0.15) is 0 Å². The lowest BCUT2D eigenvalue weighted by atomic mass is 10.1. The van der Waals surface area contributed by atoms with Crippen LogP contribution in [0.2, 0.25) is 0 Å². The lowest BCUT2D eigenvalue weighted by Gasteiger charge is -2.27. The molecule has 0 radical (unpaired) electrons. The minimum absolute atomic E-state index is 0. The van der Waals surface area contributed by atoms with E-state index < -0.39 is 0 Å². The van der Waals surface area contributed by atoms with Gasteiger partial charge in [-0.25, -0.2) is 0 Å². The molecule has 0 bridgehead atoms. The number of rotatable bonds is 5. The van der Waals surface area contributed by atoms with Crippen LogP contribution in [0.25, 0.3) is 10.8 Å². The number of fused-ring (bicyclic) bond motifs is 4. The fourth-order valence-electron chi connectivity index (χ4n) is 3.63. The predicted molar refractivity (Wildman–Crippen MR) is 123 cm³/mol. The third-order valence-corrected chi connectivity index (χ3v) is 6.05. The van der Waals surface area contributed by atoms with Gasteiger partial charge in [0.2, 0.25) is 0 Å². The minimum atomic E-state index is 0. The zero-order valence-corrected chi connectivity index (χ0v) is 17.6. The highest BCUT2D eigenvalue weighted by Crippen LogP contribution is 2.49. The molecule has 0 atom stereocenters. The molecule has 27 heavy (non-hydrogen) atoms. The standard InChI is InChI=1S/C22H25N3S.ClH/c1-4-23-19-14-21-22(17-10-8-7-9-16(17)19)24-18-12-11-15(13-20(18)26-21)25(5-2)6-3;/h7-14,23-24H,4-6H2,1-3H3;1H. The Bertz CT molecular complexity index is 954. The summed E-state index contributed by atoms with van der Waals surface area (Å²) in [6, 6.07) is 17.7. The van der Waals surface area contributed by atoms with Gasteiger partial charge in [-0.15, -0.1) is 12.4 Å². The monoisotopic (exact) mass is 399 g/mol. The van der Waals surface area contributed by atoms with E-state index in [4.69, 9.17) is 0 Å². The van der Waals surface area contributed by atoms with Crippen LogP contribution in [0.3, 0.4) is 0 Å². The molecule has 1 aliphatic rings. The normalized spacial score (nSPS) is 11.8. The summed E-state index contributed by atoms with van der Waals surface area (Å²) >= 11 is 1.86. The van der Waals surface area contributed by atoms with Crippen molar-refractivity contribution in [2.45, 2.75) is 30.6 Å². The number of nitrogens with zero attached hydrogens (tertiary/aromatic N) is 1. The molecular formula is C22H26ClN3S. The zero-order chi connectivity index (χ0) is 18.1. The predicted octanol–water partition coefficient (Wildman–Crippen LogP) is 6.75. The Morgan fingerprint density at radius 3 is 2.37 bits per heavy atom.